The molecule has 0 radical (unpaired) electrons. The summed E-state index contributed by atoms with van der Waals surface area (Å²) in [5, 5.41) is 7.26. The van der Waals surface area contributed by atoms with Gasteiger partial charge in [0.25, 0.3) is 0 Å². The first kappa shape index (κ1) is 24.6. The second-order valence-electron chi connectivity index (χ2n) is 6.82. The molecule has 2 N–H and O–H groups in total. The average Bonchev–Trinajstić information content (AvgIpc) is 3.01. The van der Waals surface area contributed by atoms with E-state index in [9.17, 15) is 4.79 Å². The van der Waals surface area contributed by atoms with E-state index >= 15 is 0 Å². The number of halogens is 3. The molecule has 1 aliphatic rings. The maximum absolute atomic E-state index is 12.6. The van der Waals surface area contributed by atoms with Crippen LogP contribution in [0.3, 0.4) is 0 Å². The minimum absolute atomic E-state index is 0. The summed E-state index contributed by atoms with van der Waals surface area (Å²) in [6.45, 7) is 3.77. The third-order valence-electron chi connectivity index (χ3n) is 5.04. The first-order valence-electron chi connectivity index (χ1n) is 9.51. The maximum atomic E-state index is 12.6. The van der Waals surface area contributed by atoms with Gasteiger partial charge in [-0.25, -0.2) is 0 Å². The minimum atomic E-state index is 0. The lowest BCUT2D eigenvalue weighted by Gasteiger charge is -2.36. The number of carbonyl (C=O) groups excluding carboxylic acids is 1. The number of hydrogen-bond acceptors (Lipinski definition) is 3. The molecule has 1 saturated heterocycles. The molecule has 0 saturated carbocycles. The molecule has 1 aromatic heterocycles. The minimum Gasteiger partial charge on any atom is -0.368 e. The van der Waals surface area contributed by atoms with Crippen LogP contribution in [0.1, 0.15) is 5.69 Å². The van der Waals surface area contributed by atoms with Crippen molar-refractivity contribution >= 4 is 64.7 Å². The molecule has 10 heteroatoms. The zero-order valence-electron chi connectivity index (χ0n) is 17.1. The standard InChI is InChI=1S/C20H26Cl2N6O.HI/c1-23-20(24-13-16-12-17(21)19(22)26(16)2)25-14-18(29)28-10-8-27(9-11-28)15-6-4-3-5-7-15;/h3-7,12H,8-11,13-14H2,1-2H3,(H2,23,24,25);1H. The maximum Gasteiger partial charge on any atom is 0.242 e. The molecule has 0 spiro atoms. The summed E-state index contributed by atoms with van der Waals surface area (Å²) in [6, 6.07) is 12.1. The summed E-state index contributed by atoms with van der Waals surface area (Å²) in [5.74, 6) is 0.611. The van der Waals surface area contributed by atoms with Crippen LogP contribution in [0.5, 0.6) is 0 Å². The molecule has 1 aliphatic heterocycles. The van der Waals surface area contributed by atoms with E-state index in [2.05, 4.69) is 32.7 Å². The van der Waals surface area contributed by atoms with E-state index in [4.69, 9.17) is 23.2 Å². The molecule has 0 aliphatic carbocycles. The van der Waals surface area contributed by atoms with Gasteiger partial charge in [-0.1, -0.05) is 41.4 Å². The van der Waals surface area contributed by atoms with Gasteiger partial charge >= 0.3 is 0 Å². The van der Waals surface area contributed by atoms with E-state index in [1.54, 1.807) is 7.05 Å². The van der Waals surface area contributed by atoms with Crippen LogP contribution in [-0.2, 0) is 18.4 Å². The summed E-state index contributed by atoms with van der Waals surface area (Å²) in [4.78, 5) is 20.9. The highest BCUT2D eigenvalue weighted by Crippen LogP contribution is 2.24. The molecule has 0 unspecified atom stereocenters. The van der Waals surface area contributed by atoms with Crippen LogP contribution in [0.4, 0.5) is 5.69 Å². The monoisotopic (exact) mass is 564 g/mol. The molecule has 2 aromatic rings. The summed E-state index contributed by atoms with van der Waals surface area (Å²) in [7, 11) is 3.52. The molecule has 1 aromatic carbocycles. The van der Waals surface area contributed by atoms with Gasteiger partial charge in [0, 0.05) is 51.7 Å². The van der Waals surface area contributed by atoms with Crippen molar-refractivity contribution in [2.45, 2.75) is 6.54 Å². The first-order chi connectivity index (χ1) is 14.0. The van der Waals surface area contributed by atoms with Gasteiger partial charge in [0.15, 0.2) is 5.96 Å². The number of para-hydroxylation sites is 1. The van der Waals surface area contributed by atoms with Gasteiger partial charge in [-0.05, 0) is 18.2 Å². The van der Waals surface area contributed by atoms with Crippen LogP contribution < -0.4 is 15.5 Å². The average molecular weight is 565 g/mol. The number of hydrogen-bond donors (Lipinski definition) is 2. The topological polar surface area (TPSA) is 64.9 Å². The molecule has 164 valence electrons. The van der Waals surface area contributed by atoms with Crippen molar-refractivity contribution in [3.63, 3.8) is 0 Å². The Morgan fingerprint density at radius 2 is 1.77 bits per heavy atom. The van der Waals surface area contributed by atoms with Gasteiger partial charge in [0.2, 0.25) is 5.91 Å². The number of carbonyl (C=O) groups is 1. The molecule has 0 bridgehead atoms. The highest BCUT2D eigenvalue weighted by molar-refractivity contribution is 14.0. The Labute approximate surface area is 204 Å². The number of amides is 1. The van der Waals surface area contributed by atoms with Crippen molar-refractivity contribution in [3.05, 3.63) is 52.3 Å². The Bertz CT molecular complexity index is 866. The second kappa shape index (κ2) is 11.7. The zero-order chi connectivity index (χ0) is 20.8. The lowest BCUT2D eigenvalue weighted by Crippen LogP contribution is -2.52. The van der Waals surface area contributed by atoms with Gasteiger partial charge in [0.05, 0.1) is 18.1 Å². The molecule has 7 nitrogen and oxygen atoms in total. The van der Waals surface area contributed by atoms with E-state index in [-0.39, 0.29) is 36.4 Å². The fraction of sp³-hybridized carbons (Fsp3) is 0.400. The van der Waals surface area contributed by atoms with Gasteiger partial charge in [-0.2, -0.15) is 0 Å². The fourth-order valence-corrected chi connectivity index (χ4v) is 3.69. The number of aromatic nitrogens is 1. The van der Waals surface area contributed by atoms with E-state index < -0.39 is 0 Å². The summed E-state index contributed by atoms with van der Waals surface area (Å²) in [6.07, 6.45) is 0. The predicted molar refractivity (Wildman–Crippen MR) is 134 cm³/mol. The van der Waals surface area contributed by atoms with Crippen LogP contribution in [0.25, 0.3) is 0 Å². The third kappa shape index (κ3) is 6.18. The lowest BCUT2D eigenvalue weighted by molar-refractivity contribution is -0.130. The largest absolute Gasteiger partial charge is 0.368 e. The van der Waals surface area contributed by atoms with Crippen molar-refractivity contribution in [2.75, 3.05) is 44.7 Å². The Balaban J connectivity index is 0.00000320. The lowest BCUT2D eigenvalue weighted by atomic mass is 10.2. The van der Waals surface area contributed by atoms with Crippen molar-refractivity contribution in [1.82, 2.24) is 20.1 Å². The fourth-order valence-electron chi connectivity index (χ4n) is 3.28. The summed E-state index contributed by atoms with van der Waals surface area (Å²) in [5.41, 5.74) is 2.12. The molecular formula is C20H27Cl2IN6O. The van der Waals surface area contributed by atoms with E-state index in [1.165, 1.54) is 5.69 Å². The number of nitrogens with one attached hydrogen (secondary N) is 2. The number of benzene rings is 1. The molecule has 1 amide bonds. The molecule has 2 heterocycles. The van der Waals surface area contributed by atoms with Crippen LogP contribution >= 0.6 is 47.2 Å². The van der Waals surface area contributed by atoms with Crippen molar-refractivity contribution in [2.24, 2.45) is 12.0 Å². The highest BCUT2D eigenvalue weighted by Gasteiger charge is 2.21. The van der Waals surface area contributed by atoms with Gasteiger partial charge in [0.1, 0.15) is 5.15 Å². The van der Waals surface area contributed by atoms with Crippen LogP contribution in [0.2, 0.25) is 10.2 Å². The molecule has 3 rings (SSSR count). The Morgan fingerprint density at radius 1 is 1.10 bits per heavy atom. The van der Waals surface area contributed by atoms with Gasteiger partial charge < -0.3 is 25.0 Å². The Kier molecular flexibility index (Phi) is 9.57. The SMILES string of the molecule is CN=C(NCC(=O)N1CCN(c2ccccc2)CC1)NCc1cc(Cl)c(Cl)n1C.I. The highest BCUT2D eigenvalue weighted by atomic mass is 127. The second-order valence-corrected chi connectivity index (χ2v) is 7.58. The van der Waals surface area contributed by atoms with Gasteiger partial charge in [-0.15, -0.1) is 24.0 Å². The number of guanidine groups is 1. The normalized spacial score (nSPS) is 14.3. The van der Waals surface area contributed by atoms with Crippen LogP contribution in [0, 0.1) is 0 Å². The zero-order valence-corrected chi connectivity index (χ0v) is 20.9. The molecule has 1 fully saturated rings. The van der Waals surface area contributed by atoms with E-state index in [0.29, 0.717) is 35.8 Å². The number of anilines is 1. The summed E-state index contributed by atoms with van der Waals surface area (Å²) >= 11 is 12.1. The number of rotatable bonds is 5. The first-order valence-corrected chi connectivity index (χ1v) is 10.3. The van der Waals surface area contributed by atoms with Crippen molar-refractivity contribution in [3.8, 4) is 0 Å². The quantitative estimate of drug-likeness (QED) is 0.333. The number of aliphatic imine (C=N–C) groups is 1. The van der Waals surface area contributed by atoms with E-state index in [0.717, 1.165) is 18.8 Å². The van der Waals surface area contributed by atoms with E-state index in [1.807, 2.05) is 40.8 Å². The van der Waals surface area contributed by atoms with Crippen molar-refractivity contribution in [1.29, 1.82) is 0 Å². The Hall–Kier alpha value is -1.65. The molecule has 30 heavy (non-hydrogen) atoms. The molecular weight excluding hydrogens is 538 g/mol. The van der Waals surface area contributed by atoms with Gasteiger partial charge in [-0.3, -0.25) is 9.79 Å². The smallest absolute Gasteiger partial charge is 0.242 e. The number of piperazine rings is 1. The third-order valence-corrected chi connectivity index (χ3v) is 5.88. The van der Waals surface area contributed by atoms with Crippen LogP contribution in [-0.4, -0.2) is 61.1 Å². The molecule has 0 atom stereocenters. The van der Waals surface area contributed by atoms with Crippen LogP contribution in [0.15, 0.2) is 41.4 Å². The Morgan fingerprint density at radius 3 is 2.33 bits per heavy atom. The number of nitrogens with zero attached hydrogens (tertiary/aromatic N) is 4. The van der Waals surface area contributed by atoms with Crippen molar-refractivity contribution < 1.29 is 4.79 Å². The summed E-state index contributed by atoms with van der Waals surface area (Å²) < 4.78 is 1.81. The predicted octanol–water partition coefficient (Wildman–Crippen LogP) is 2.96.